The van der Waals surface area contributed by atoms with Gasteiger partial charge in [-0.15, -0.1) is 19.2 Å². The molecule has 0 amide bonds. The van der Waals surface area contributed by atoms with Gasteiger partial charge in [-0.25, -0.2) is 0 Å². The van der Waals surface area contributed by atoms with E-state index in [0.29, 0.717) is 5.56 Å². The molecule has 0 fully saturated rings. The van der Waals surface area contributed by atoms with Crippen LogP contribution in [0.25, 0.3) is 0 Å². The van der Waals surface area contributed by atoms with E-state index in [2.05, 4.69) is 25.3 Å². The predicted octanol–water partition coefficient (Wildman–Crippen LogP) is 2.58. The van der Waals surface area contributed by atoms with Crippen molar-refractivity contribution in [2.24, 2.45) is 0 Å². The first-order chi connectivity index (χ1) is 5.77. The lowest BCUT2D eigenvalue weighted by Gasteiger charge is -2.00. The van der Waals surface area contributed by atoms with Crippen molar-refractivity contribution in [1.82, 2.24) is 0 Å². The van der Waals surface area contributed by atoms with Crippen molar-refractivity contribution in [3.63, 3.8) is 0 Å². The second kappa shape index (κ2) is 3.99. The number of hydrogen-bond acceptors (Lipinski definition) is 2. The van der Waals surface area contributed by atoms with Crippen molar-refractivity contribution in [3.8, 4) is 6.07 Å². The van der Waals surface area contributed by atoms with Crippen molar-refractivity contribution in [2.45, 2.75) is 11.3 Å². The lowest BCUT2D eigenvalue weighted by molar-refractivity contribution is 1.23. The lowest BCUT2D eigenvalue weighted by atomic mass is 10.1. The molecule has 1 rings (SSSR count). The predicted molar refractivity (Wildman–Crippen MR) is 52.3 cm³/mol. The smallest absolute Gasteiger partial charge is 0.0995 e. The summed E-state index contributed by atoms with van der Waals surface area (Å²) >= 11 is 4.15. The van der Waals surface area contributed by atoms with Crippen molar-refractivity contribution in [2.75, 3.05) is 0 Å². The molecule has 12 heavy (non-hydrogen) atoms. The number of nitrogens with zero attached hydrogens (tertiary/aromatic N) is 1. The van der Waals surface area contributed by atoms with Crippen LogP contribution in [-0.2, 0) is 6.42 Å². The first kappa shape index (κ1) is 8.89. The maximum Gasteiger partial charge on any atom is 0.0995 e. The average Bonchev–Trinajstić information content (AvgIpc) is 2.08. The van der Waals surface area contributed by atoms with E-state index in [4.69, 9.17) is 5.26 Å². The molecule has 0 spiro atoms. The number of allylic oxidation sites excluding steroid dienone is 1. The molecular formula is C10H9NS. The standard InChI is InChI=1S/C10H9NS/c1-2-3-8-4-5-10(12)6-9(8)7-11/h2,4-6,12H,1,3H2. The molecule has 0 radical (unpaired) electrons. The Labute approximate surface area is 77.7 Å². The quantitative estimate of drug-likeness (QED) is 0.542. The van der Waals surface area contributed by atoms with Gasteiger partial charge < -0.3 is 0 Å². The Kier molecular flexibility index (Phi) is 2.95. The summed E-state index contributed by atoms with van der Waals surface area (Å²) < 4.78 is 0. The van der Waals surface area contributed by atoms with Crippen LogP contribution in [0, 0.1) is 11.3 Å². The molecule has 0 aliphatic rings. The normalized spacial score (nSPS) is 9.00. The molecule has 0 bridgehead atoms. The van der Waals surface area contributed by atoms with Crippen molar-refractivity contribution >= 4 is 12.6 Å². The van der Waals surface area contributed by atoms with Crippen LogP contribution in [0.15, 0.2) is 35.7 Å². The van der Waals surface area contributed by atoms with E-state index in [0.717, 1.165) is 16.9 Å². The van der Waals surface area contributed by atoms with E-state index in [9.17, 15) is 0 Å². The van der Waals surface area contributed by atoms with Crippen molar-refractivity contribution in [3.05, 3.63) is 42.0 Å². The molecule has 1 aromatic carbocycles. The first-order valence-electron chi connectivity index (χ1n) is 3.61. The molecule has 0 aromatic heterocycles. The Bertz CT molecular complexity index is 336. The summed E-state index contributed by atoms with van der Waals surface area (Å²) in [5.74, 6) is 0. The van der Waals surface area contributed by atoms with Crippen LogP contribution < -0.4 is 0 Å². The van der Waals surface area contributed by atoms with E-state index in [1.165, 1.54) is 0 Å². The first-order valence-corrected chi connectivity index (χ1v) is 4.05. The minimum absolute atomic E-state index is 0.683. The fourth-order valence-electron chi connectivity index (χ4n) is 1.00. The Morgan fingerprint density at radius 3 is 2.92 bits per heavy atom. The van der Waals surface area contributed by atoms with E-state index in [1.807, 2.05) is 12.1 Å². The lowest BCUT2D eigenvalue weighted by Crippen LogP contribution is -1.87. The molecule has 0 saturated heterocycles. The average molecular weight is 175 g/mol. The zero-order valence-electron chi connectivity index (χ0n) is 6.62. The van der Waals surface area contributed by atoms with Gasteiger partial charge in [-0.2, -0.15) is 5.26 Å². The largest absolute Gasteiger partial charge is 0.192 e. The van der Waals surface area contributed by atoms with Gasteiger partial charge in [-0.05, 0) is 24.1 Å². The molecule has 0 saturated carbocycles. The van der Waals surface area contributed by atoms with Crippen LogP contribution in [0.4, 0.5) is 0 Å². The Balaban J connectivity index is 3.12. The third-order valence-electron chi connectivity index (χ3n) is 1.58. The van der Waals surface area contributed by atoms with Crippen LogP contribution in [-0.4, -0.2) is 0 Å². The fraction of sp³-hybridized carbons (Fsp3) is 0.100. The highest BCUT2D eigenvalue weighted by Crippen LogP contribution is 2.14. The fourth-order valence-corrected chi connectivity index (χ4v) is 1.21. The monoisotopic (exact) mass is 175 g/mol. The Hall–Kier alpha value is -1.20. The van der Waals surface area contributed by atoms with Gasteiger partial charge in [0.15, 0.2) is 0 Å². The number of nitriles is 1. The molecule has 1 aromatic rings. The summed E-state index contributed by atoms with van der Waals surface area (Å²) in [6.45, 7) is 3.63. The molecule has 0 unspecified atom stereocenters. The number of thiol groups is 1. The van der Waals surface area contributed by atoms with Gasteiger partial charge in [0.05, 0.1) is 11.6 Å². The van der Waals surface area contributed by atoms with Gasteiger partial charge in [0.25, 0.3) is 0 Å². The zero-order valence-corrected chi connectivity index (χ0v) is 7.51. The molecular weight excluding hydrogens is 166 g/mol. The van der Waals surface area contributed by atoms with Crippen LogP contribution >= 0.6 is 12.6 Å². The van der Waals surface area contributed by atoms with Crippen LogP contribution in [0.5, 0.6) is 0 Å². The van der Waals surface area contributed by atoms with E-state index in [1.54, 1.807) is 12.1 Å². The maximum atomic E-state index is 8.75. The maximum absolute atomic E-state index is 8.75. The summed E-state index contributed by atoms with van der Waals surface area (Å²) in [5, 5.41) is 8.75. The van der Waals surface area contributed by atoms with Gasteiger partial charge in [0, 0.05) is 4.90 Å². The Morgan fingerprint density at radius 2 is 2.33 bits per heavy atom. The minimum Gasteiger partial charge on any atom is -0.192 e. The summed E-state index contributed by atoms with van der Waals surface area (Å²) in [4.78, 5) is 0.819. The summed E-state index contributed by atoms with van der Waals surface area (Å²) in [6, 6.07) is 7.67. The summed E-state index contributed by atoms with van der Waals surface area (Å²) in [6.07, 6.45) is 2.52. The van der Waals surface area contributed by atoms with Gasteiger partial charge in [0.1, 0.15) is 0 Å². The van der Waals surface area contributed by atoms with Crippen molar-refractivity contribution in [1.29, 1.82) is 5.26 Å². The van der Waals surface area contributed by atoms with Gasteiger partial charge in [0.2, 0.25) is 0 Å². The van der Waals surface area contributed by atoms with E-state index in [-0.39, 0.29) is 0 Å². The number of benzene rings is 1. The van der Waals surface area contributed by atoms with Crippen LogP contribution in [0.2, 0.25) is 0 Å². The van der Waals surface area contributed by atoms with E-state index >= 15 is 0 Å². The molecule has 0 N–H and O–H groups in total. The van der Waals surface area contributed by atoms with Gasteiger partial charge in [-0.1, -0.05) is 12.1 Å². The molecule has 60 valence electrons. The zero-order chi connectivity index (χ0) is 8.97. The molecule has 1 nitrogen and oxygen atoms in total. The summed E-state index contributed by atoms with van der Waals surface area (Å²) in [7, 11) is 0. The third-order valence-corrected chi connectivity index (χ3v) is 1.86. The summed E-state index contributed by atoms with van der Waals surface area (Å²) in [5.41, 5.74) is 1.69. The third kappa shape index (κ3) is 1.90. The van der Waals surface area contributed by atoms with Crippen molar-refractivity contribution < 1.29 is 0 Å². The van der Waals surface area contributed by atoms with Gasteiger partial charge in [-0.3, -0.25) is 0 Å². The molecule has 0 atom stereocenters. The second-order valence-electron chi connectivity index (χ2n) is 2.45. The number of hydrogen-bond donors (Lipinski definition) is 1. The molecule has 0 aliphatic heterocycles. The van der Waals surface area contributed by atoms with Crippen LogP contribution in [0.3, 0.4) is 0 Å². The van der Waals surface area contributed by atoms with Gasteiger partial charge >= 0.3 is 0 Å². The highest BCUT2D eigenvalue weighted by molar-refractivity contribution is 7.80. The van der Waals surface area contributed by atoms with Crippen LogP contribution in [0.1, 0.15) is 11.1 Å². The van der Waals surface area contributed by atoms with E-state index < -0.39 is 0 Å². The topological polar surface area (TPSA) is 23.8 Å². The highest BCUT2D eigenvalue weighted by Gasteiger charge is 1.99. The minimum atomic E-state index is 0.683. The highest BCUT2D eigenvalue weighted by atomic mass is 32.1. The molecule has 0 heterocycles. The second-order valence-corrected chi connectivity index (χ2v) is 2.96. The SMILES string of the molecule is C=CCc1ccc(S)cc1C#N. The number of rotatable bonds is 2. The molecule has 2 heteroatoms. The Morgan fingerprint density at radius 1 is 1.58 bits per heavy atom. The molecule has 0 aliphatic carbocycles.